The first-order valence-corrected chi connectivity index (χ1v) is 10.8. The summed E-state index contributed by atoms with van der Waals surface area (Å²) in [5.41, 5.74) is 1.73. The zero-order valence-corrected chi connectivity index (χ0v) is 18.8. The summed E-state index contributed by atoms with van der Waals surface area (Å²) in [5, 5.41) is 9.00. The highest BCUT2D eigenvalue weighted by Gasteiger charge is 2.22. The summed E-state index contributed by atoms with van der Waals surface area (Å²) in [4.78, 5) is 16.3. The minimum absolute atomic E-state index is 0.0604. The predicted octanol–water partition coefficient (Wildman–Crippen LogP) is 3.17. The Balaban J connectivity index is 1.43. The van der Waals surface area contributed by atoms with E-state index < -0.39 is 0 Å². The fourth-order valence-corrected chi connectivity index (χ4v) is 3.05. The molecule has 1 atom stereocenters. The quantitative estimate of drug-likeness (QED) is 0.389. The van der Waals surface area contributed by atoms with Crippen LogP contribution in [0.3, 0.4) is 0 Å². The Morgan fingerprint density at radius 3 is 2.56 bits per heavy atom. The largest absolute Gasteiger partial charge is 0.497 e. The van der Waals surface area contributed by atoms with Crippen molar-refractivity contribution in [2.75, 3.05) is 27.3 Å². The second-order valence-electron chi connectivity index (χ2n) is 7.86. The van der Waals surface area contributed by atoms with E-state index in [1.807, 2.05) is 37.3 Å². The molecule has 3 rings (SSSR count). The number of nitrogens with one attached hydrogen (secondary N) is 3. The van der Waals surface area contributed by atoms with Crippen LogP contribution < -0.4 is 25.4 Å². The topological polar surface area (TPSA) is 84.0 Å². The normalized spacial score (nSPS) is 14.4. The molecule has 1 aliphatic rings. The number of methoxy groups -OCH3 is 1. The van der Waals surface area contributed by atoms with Gasteiger partial charge in [0.2, 0.25) is 5.91 Å². The molecule has 7 nitrogen and oxygen atoms in total. The van der Waals surface area contributed by atoms with Crippen LogP contribution in [0.4, 0.5) is 4.39 Å². The van der Waals surface area contributed by atoms with Crippen molar-refractivity contribution >= 4 is 11.9 Å². The molecule has 0 aliphatic heterocycles. The summed E-state index contributed by atoms with van der Waals surface area (Å²) in [6.07, 6.45) is 2.32. The standard InChI is InChI=1S/C24H31FN4O3/c1-16(19-8-11-22(21(25)12-19)32-15-18-4-5-18)29-24(26-2)28-14-23(30)27-13-17-6-9-20(31-3)10-7-17/h6-12,16,18H,4-5,13-15H2,1-3H3,(H,27,30)(H2,26,28,29). The molecule has 0 bridgehead atoms. The number of amides is 1. The number of guanidine groups is 1. The first-order chi connectivity index (χ1) is 15.5. The van der Waals surface area contributed by atoms with E-state index in [1.165, 1.54) is 6.07 Å². The predicted molar refractivity (Wildman–Crippen MR) is 122 cm³/mol. The number of hydrogen-bond acceptors (Lipinski definition) is 4. The van der Waals surface area contributed by atoms with Crippen LogP contribution in [-0.4, -0.2) is 39.2 Å². The van der Waals surface area contributed by atoms with E-state index in [0.29, 0.717) is 25.0 Å². The van der Waals surface area contributed by atoms with Crippen LogP contribution in [0.1, 0.15) is 36.9 Å². The maximum absolute atomic E-state index is 14.4. The van der Waals surface area contributed by atoms with E-state index in [-0.39, 0.29) is 30.1 Å². The van der Waals surface area contributed by atoms with E-state index in [2.05, 4.69) is 20.9 Å². The molecule has 0 spiro atoms. The zero-order valence-electron chi connectivity index (χ0n) is 18.8. The number of rotatable bonds is 10. The lowest BCUT2D eigenvalue weighted by atomic mass is 10.1. The van der Waals surface area contributed by atoms with Gasteiger partial charge in [-0.05, 0) is 61.1 Å². The van der Waals surface area contributed by atoms with Gasteiger partial charge in [-0.25, -0.2) is 4.39 Å². The number of ether oxygens (including phenoxy) is 2. The lowest BCUT2D eigenvalue weighted by Gasteiger charge is -2.19. The van der Waals surface area contributed by atoms with Gasteiger partial charge >= 0.3 is 0 Å². The number of aliphatic imine (C=N–C) groups is 1. The molecule has 172 valence electrons. The van der Waals surface area contributed by atoms with E-state index >= 15 is 0 Å². The molecule has 0 saturated heterocycles. The van der Waals surface area contributed by atoms with Crippen molar-refractivity contribution in [2.45, 2.75) is 32.4 Å². The van der Waals surface area contributed by atoms with Crippen molar-refractivity contribution in [3.63, 3.8) is 0 Å². The molecule has 0 aromatic heterocycles. The summed E-state index contributed by atoms with van der Waals surface area (Å²) in [6, 6.07) is 12.2. The number of benzene rings is 2. The number of carbonyl (C=O) groups is 1. The highest BCUT2D eigenvalue weighted by Crippen LogP contribution is 2.30. The summed E-state index contributed by atoms with van der Waals surface area (Å²) in [5.74, 6) is 1.52. The first kappa shape index (κ1) is 23.4. The van der Waals surface area contributed by atoms with Gasteiger partial charge in [-0.1, -0.05) is 18.2 Å². The summed E-state index contributed by atoms with van der Waals surface area (Å²) in [6.45, 7) is 2.95. The third-order valence-corrected chi connectivity index (χ3v) is 5.27. The van der Waals surface area contributed by atoms with Gasteiger partial charge in [0, 0.05) is 13.6 Å². The number of carbonyl (C=O) groups excluding carboxylic acids is 1. The molecular formula is C24H31FN4O3. The molecular weight excluding hydrogens is 411 g/mol. The van der Waals surface area contributed by atoms with Crippen molar-refractivity contribution < 1.29 is 18.7 Å². The van der Waals surface area contributed by atoms with E-state index in [9.17, 15) is 9.18 Å². The molecule has 1 aliphatic carbocycles. The van der Waals surface area contributed by atoms with Gasteiger partial charge in [0.15, 0.2) is 17.5 Å². The molecule has 8 heteroatoms. The minimum Gasteiger partial charge on any atom is -0.497 e. The van der Waals surface area contributed by atoms with Crippen LogP contribution >= 0.6 is 0 Å². The SMILES string of the molecule is CN=C(NCC(=O)NCc1ccc(OC)cc1)NC(C)c1ccc(OCC2CC2)c(F)c1. The van der Waals surface area contributed by atoms with Gasteiger partial charge in [0.1, 0.15) is 5.75 Å². The first-order valence-electron chi connectivity index (χ1n) is 10.8. The fourth-order valence-electron chi connectivity index (χ4n) is 3.05. The van der Waals surface area contributed by atoms with E-state index in [1.54, 1.807) is 20.2 Å². The summed E-state index contributed by atoms with van der Waals surface area (Å²) < 4.78 is 25.0. The maximum atomic E-state index is 14.4. The summed E-state index contributed by atoms with van der Waals surface area (Å²) >= 11 is 0. The van der Waals surface area contributed by atoms with Crippen molar-refractivity contribution in [3.05, 3.63) is 59.4 Å². The monoisotopic (exact) mass is 442 g/mol. The van der Waals surface area contributed by atoms with Gasteiger partial charge in [0.25, 0.3) is 0 Å². The average Bonchev–Trinajstić information content (AvgIpc) is 3.64. The van der Waals surface area contributed by atoms with Crippen molar-refractivity contribution in [3.8, 4) is 11.5 Å². The molecule has 1 saturated carbocycles. The second-order valence-corrected chi connectivity index (χ2v) is 7.86. The van der Waals surface area contributed by atoms with Crippen molar-refractivity contribution in [2.24, 2.45) is 10.9 Å². The van der Waals surface area contributed by atoms with Crippen LogP contribution in [0.5, 0.6) is 11.5 Å². The van der Waals surface area contributed by atoms with Gasteiger partial charge < -0.3 is 25.4 Å². The third kappa shape index (κ3) is 7.14. The highest BCUT2D eigenvalue weighted by atomic mass is 19.1. The molecule has 0 radical (unpaired) electrons. The molecule has 1 fully saturated rings. The second kappa shape index (κ2) is 11.4. The fraction of sp³-hybridized carbons (Fsp3) is 0.417. The van der Waals surface area contributed by atoms with Crippen LogP contribution in [-0.2, 0) is 11.3 Å². The van der Waals surface area contributed by atoms with Crippen LogP contribution in [0.25, 0.3) is 0 Å². The van der Waals surface area contributed by atoms with Crippen LogP contribution in [0.2, 0.25) is 0 Å². The number of halogens is 1. The molecule has 1 amide bonds. The maximum Gasteiger partial charge on any atom is 0.239 e. The Bertz CT molecular complexity index is 929. The number of nitrogens with zero attached hydrogens (tertiary/aromatic N) is 1. The van der Waals surface area contributed by atoms with Crippen molar-refractivity contribution in [1.82, 2.24) is 16.0 Å². The minimum atomic E-state index is -0.377. The van der Waals surface area contributed by atoms with Gasteiger partial charge in [-0.15, -0.1) is 0 Å². The molecule has 2 aromatic rings. The molecule has 32 heavy (non-hydrogen) atoms. The summed E-state index contributed by atoms with van der Waals surface area (Å²) in [7, 11) is 3.23. The van der Waals surface area contributed by atoms with Crippen LogP contribution in [0.15, 0.2) is 47.5 Å². The average molecular weight is 443 g/mol. The smallest absolute Gasteiger partial charge is 0.239 e. The Morgan fingerprint density at radius 1 is 1.19 bits per heavy atom. The Labute approximate surface area is 188 Å². The third-order valence-electron chi connectivity index (χ3n) is 5.27. The lowest BCUT2D eigenvalue weighted by Crippen LogP contribution is -2.43. The van der Waals surface area contributed by atoms with Gasteiger partial charge in [0.05, 0.1) is 26.3 Å². The molecule has 3 N–H and O–H groups in total. The lowest BCUT2D eigenvalue weighted by molar-refractivity contribution is -0.120. The highest BCUT2D eigenvalue weighted by molar-refractivity contribution is 5.86. The van der Waals surface area contributed by atoms with Gasteiger partial charge in [-0.2, -0.15) is 0 Å². The van der Waals surface area contributed by atoms with E-state index in [4.69, 9.17) is 9.47 Å². The Kier molecular flexibility index (Phi) is 8.30. The zero-order chi connectivity index (χ0) is 22.9. The van der Waals surface area contributed by atoms with Gasteiger partial charge in [-0.3, -0.25) is 9.79 Å². The molecule has 0 heterocycles. The van der Waals surface area contributed by atoms with Crippen molar-refractivity contribution in [1.29, 1.82) is 0 Å². The Morgan fingerprint density at radius 2 is 1.94 bits per heavy atom. The number of hydrogen-bond donors (Lipinski definition) is 3. The molecule has 2 aromatic carbocycles. The van der Waals surface area contributed by atoms with E-state index in [0.717, 1.165) is 29.7 Å². The Hall–Kier alpha value is -3.29. The molecule has 1 unspecified atom stereocenters. The van der Waals surface area contributed by atoms with Crippen LogP contribution in [0, 0.1) is 11.7 Å².